The molecule has 0 atom stereocenters. The number of nitrogens with one attached hydrogen (secondary N) is 1. The molecule has 0 unspecified atom stereocenters. The molecule has 0 saturated heterocycles. The van der Waals surface area contributed by atoms with E-state index in [-0.39, 0.29) is 16.3 Å². The number of carbonyl (C=O) groups excluding carboxylic acids is 1. The predicted molar refractivity (Wildman–Crippen MR) is 98.3 cm³/mol. The fourth-order valence-corrected chi connectivity index (χ4v) is 3.06. The van der Waals surface area contributed by atoms with E-state index in [2.05, 4.69) is 10.3 Å². The van der Waals surface area contributed by atoms with Crippen LogP contribution in [0, 0.1) is 17.0 Å². The molecule has 0 saturated carbocycles. The standard InChI is InChI=1S/C17H12ClN3O3S/c1-10-19-15(9-25-10)11-2-5-13(6-3-11)20-17(22)14-8-12(18)4-7-16(14)21(23)24/h2-9H,1H3,(H,20,22). The quantitative estimate of drug-likeness (QED) is 0.518. The first-order valence-electron chi connectivity index (χ1n) is 7.22. The molecule has 0 spiro atoms. The number of anilines is 1. The summed E-state index contributed by atoms with van der Waals surface area (Å²) in [6.07, 6.45) is 0. The maximum absolute atomic E-state index is 12.4. The fraction of sp³-hybridized carbons (Fsp3) is 0.0588. The molecule has 1 heterocycles. The van der Waals surface area contributed by atoms with Gasteiger partial charge in [-0.15, -0.1) is 11.3 Å². The Morgan fingerprint density at radius 3 is 2.56 bits per heavy atom. The number of aryl methyl sites for hydroxylation is 1. The molecule has 0 aliphatic rings. The van der Waals surface area contributed by atoms with Gasteiger partial charge in [-0.05, 0) is 31.2 Å². The van der Waals surface area contributed by atoms with E-state index in [0.29, 0.717) is 5.69 Å². The van der Waals surface area contributed by atoms with Gasteiger partial charge in [0.2, 0.25) is 0 Å². The van der Waals surface area contributed by atoms with Crippen molar-refractivity contribution in [3.8, 4) is 11.3 Å². The van der Waals surface area contributed by atoms with Gasteiger partial charge in [-0.1, -0.05) is 23.7 Å². The van der Waals surface area contributed by atoms with E-state index in [1.165, 1.54) is 18.2 Å². The number of thiazole rings is 1. The van der Waals surface area contributed by atoms with Crippen molar-refractivity contribution in [3.05, 3.63) is 73.6 Å². The first-order valence-corrected chi connectivity index (χ1v) is 8.47. The zero-order chi connectivity index (χ0) is 18.0. The van der Waals surface area contributed by atoms with E-state index < -0.39 is 10.8 Å². The van der Waals surface area contributed by atoms with Crippen molar-refractivity contribution in [1.29, 1.82) is 0 Å². The molecule has 0 bridgehead atoms. The minimum Gasteiger partial charge on any atom is -0.322 e. The topological polar surface area (TPSA) is 85.1 Å². The summed E-state index contributed by atoms with van der Waals surface area (Å²) in [5.41, 5.74) is 1.94. The van der Waals surface area contributed by atoms with E-state index in [4.69, 9.17) is 11.6 Å². The summed E-state index contributed by atoms with van der Waals surface area (Å²) in [6.45, 7) is 1.93. The SMILES string of the molecule is Cc1nc(-c2ccc(NC(=O)c3cc(Cl)ccc3[N+](=O)[O-])cc2)cs1. The number of nitro benzene ring substituents is 1. The second-order valence-corrected chi connectivity index (χ2v) is 6.70. The lowest BCUT2D eigenvalue weighted by molar-refractivity contribution is -0.385. The monoisotopic (exact) mass is 373 g/mol. The Morgan fingerprint density at radius 2 is 1.96 bits per heavy atom. The van der Waals surface area contributed by atoms with Gasteiger partial charge >= 0.3 is 0 Å². The molecular weight excluding hydrogens is 362 g/mol. The van der Waals surface area contributed by atoms with Crippen LogP contribution < -0.4 is 5.32 Å². The number of amides is 1. The van der Waals surface area contributed by atoms with Gasteiger partial charge in [0.25, 0.3) is 11.6 Å². The van der Waals surface area contributed by atoms with Crippen molar-refractivity contribution in [1.82, 2.24) is 4.98 Å². The molecule has 1 amide bonds. The van der Waals surface area contributed by atoms with Crippen LogP contribution >= 0.6 is 22.9 Å². The smallest absolute Gasteiger partial charge is 0.282 e. The fourth-order valence-electron chi connectivity index (χ4n) is 2.27. The van der Waals surface area contributed by atoms with Crippen molar-refractivity contribution < 1.29 is 9.72 Å². The molecule has 2 aromatic carbocycles. The second-order valence-electron chi connectivity index (χ2n) is 5.20. The van der Waals surface area contributed by atoms with Crippen LogP contribution in [0.5, 0.6) is 0 Å². The van der Waals surface area contributed by atoms with E-state index in [1.807, 2.05) is 24.4 Å². The Balaban J connectivity index is 1.82. The zero-order valence-corrected chi connectivity index (χ0v) is 14.6. The summed E-state index contributed by atoms with van der Waals surface area (Å²) in [4.78, 5) is 27.2. The highest BCUT2D eigenvalue weighted by atomic mass is 35.5. The number of halogens is 1. The van der Waals surface area contributed by atoms with Gasteiger partial charge < -0.3 is 5.32 Å². The van der Waals surface area contributed by atoms with Crippen LogP contribution in [0.1, 0.15) is 15.4 Å². The van der Waals surface area contributed by atoms with Gasteiger partial charge in [-0.2, -0.15) is 0 Å². The molecule has 25 heavy (non-hydrogen) atoms. The normalized spacial score (nSPS) is 10.5. The van der Waals surface area contributed by atoms with Crippen LogP contribution in [-0.4, -0.2) is 15.8 Å². The Hall–Kier alpha value is -2.77. The molecule has 126 valence electrons. The zero-order valence-electron chi connectivity index (χ0n) is 13.0. The number of hydrogen-bond donors (Lipinski definition) is 1. The van der Waals surface area contributed by atoms with E-state index in [1.54, 1.807) is 23.5 Å². The molecule has 0 aliphatic carbocycles. The molecule has 3 rings (SSSR count). The summed E-state index contributed by atoms with van der Waals surface area (Å²) >= 11 is 7.41. The van der Waals surface area contributed by atoms with Crippen LogP contribution in [-0.2, 0) is 0 Å². The number of aromatic nitrogens is 1. The highest BCUT2D eigenvalue weighted by molar-refractivity contribution is 7.09. The van der Waals surface area contributed by atoms with E-state index in [9.17, 15) is 14.9 Å². The van der Waals surface area contributed by atoms with Crippen LogP contribution in [0.3, 0.4) is 0 Å². The number of benzene rings is 2. The Labute approximate surface area is 152 Å². The summed E-state index contributed by atoms with van der Waals surface area (Å²) in [7, 11) is 0. The van der Waals surface area contributed by atoms with Gasteiger partial charge in [-0.25, -0.2) is 4.98 Å². The maximum atomic E-state index is 12.4. The second kappa shape index (κ2) is 7.00. The maximum Gasteiger partial charge on any atom is 0.282 e. The average Bonchev–Trinajstić information content (AvgIpc) is 3.01. The summed E-state index contributed by atoms with van der Waals surface area (Å²) in [5, 5.41) is 16.9. The highest BCUT2D eigenvalue weighted by Gasteiger charge is 2.20. The molecule has 6 nitrogen and oxygen atoms in total. The first kappa shape index (κ1) is 17.1. The first-order chi connectivity index (χ1) is 11.9. The van der Waals surface area contributed by atoms with Gasteiger partial charge in [0.15, 0.2) is 0 Å². The van der Waals surface area contributed by atoms with Gasteiger partial charge in [0.05, 0.1) is 15.6 Å². The van der Waals surface area contributed by atoms with Crippen molar-refractivity contribution >= 4 is 40.2 Å². The number of nitrogens with zero attached hydrogens (tertiary/aromatic N) is 2. The van der Waals surface area contributed by atoms with E-state index >= 15 is 0 Å². The number of rotatable bonds is 4. The van der Waals surface area contributed by atoms with Crippen molar-refractivity contribution in [2.45, 2.75) is 6.92 Å². The Kier molecular flexibility index (Phi) is 4.78. The molecule has 0 aliphatic heterocycles. The third kappa shape index (κ3) is 3.84. The summed E-state index contributed by atoms with van der Waals surface area (Å²) < 4.78 is 0. The lowest BCUT2D eigenvalue weighted by atomic mass is 10.1. The summed E-state index contributed by atoms with van der Waals surface area (Å²) in [6, 6.07) is 11.0. The number of hydrogen-bond acceptors (Lipinski definition) is 5. The molecular formula is C17H12ClN3O3S. The third-order valence-electron chi connectivity index (χ3n) is 3.46. The van der Waals surface area contributed by atoms with Crippen LogP contribution in [0.25, 0.3) is 11.3 Å². The van der Waals surface area contributed by atoms with Crippen LogP contribution in [0.15, 0.2) is 47.8 Å². The van der Waals surface area contributed by atoms with Gasteiger partial charge in [-0.3, -0.25) is 14.9 Å². The lowest BCUT2D eigenvalue weighted by Crippen LogP contribution is -2.14. The van der Waals surface area contributed by atoms with Crippen molar-refractivity contribution in [2.75, 3.05) is 5.32 Å². The Bertz CT molecular complexity index is 954. The average molecular weight is 374 g/mol. The molecule has 1 aromatic heterocycles. The number of carbonyl (C=O) groups is 1. The lowest BCUT2D eigenvalue weighted by Gasteiger charge is -2.07. The third-order valence-corrected chi connectivity index (χ3v) is 4.47. The molecule has 0 fully saturated rings. The van der Waals surface area contributed by atoms with Crippen LogP contribution in [0.2, 0.25) is 5.02 Å². The Morgan fingerprint density at radius 1 is 1.24 bits per heavy atom. The summed E-state index contributed by atoms with van der Waals surface area (Å²) in [5.74, 6) is -0.591. The van der Waals surface area contributed by atoms with Gasteiger partial charge in [0, 0.05) is 27.7 Å². The molecule has 3 aromatic rings. The van der Waals surface area contributed by atoms with Crippen molar-refractivity contribution in [2.24, 2.45) is 0 Å². The highest BCUT2D eigenvalue weighted by Crippen LogP contribution is 2.26. The van der Waals surface area contributed by atoms with E-state index in [0.717, 1.165) is 16.3 Å². The molecule has 0 radical (unpaired) electrons. The van der Waals surface area contributed by atoms with Crippen LogP contribution in [0.4, 0.5) is 11.4 Å². The minimum atomic E-state index is -0.612. The minimum absolute atomic E-state index is 0.0864. The largest absolute Gasteiger partial charge is 0.322 e. The predicted octanol–water partition coefficient (Wildman–Crippen LogP) is 4.93. The molecule has 1 N–H and O–H groups in total. The van der Waals surface area contributed by atoms with Gasteiger partial charge in [0.1, 0.15) is 5.56 Å². The van der Waals surface area contributed by atoms with Crippen molar-refractivity contribution in [3.63, 3.8) is 0 Å². The number of nitro groups is 1. The molecule has 8 heteroatoms.